The summed E-state index contributed by atoms with van der Waals surface area (Å²) < 4.78 is 0. The fourth-order valence-corrected chi connectivity index (χ4v) is 4.83. The number of anilines is 1. The molecule has 1 saturated carbocycles. The van der Waals surface area contributed by atoms with Crippen LogP contribution in [0.1, 0.15) is 46.0 Å². The number of nitrogens with zero attached hydrogens (tertiary/aromatic N) is 3. The van der Waals surface area contributed by atoms with Crippen LogP contribution in [0.4, 0.5) is 5.69 Å². The summed E-state index contributed by atoms with van der Waals surface area (Å²) in [7, 11) is 0. The molecule has 3 rings (SSSR count). The first kappa shape index (κ1) is 23.0. The molecule has 2 fully saturated rings. The van der Waals surface area contributed by atoms with Gasteiger partial charge in [-0.2, -0.15) is 0 Å². The Labute approximate surface area is 185 Å². The maximum Gasteiger partial charge on any atom is 0.239 e. The summed E-state index contributed by atoms with van der Waals surface area (Å²) >= 11 is 6.12. The Hall–Kier alpha value is -1.63. The van der Waals surface area contributed by atoms with E-state index in [0.29, 0.717) is 23.3 Å². The van der Waals surface area contributed by atoms with Crippen molar-refractivity contribution in [1.82, 2.24) is 14.7 Å². The van der Waals surface area contributed by atoms with Gasteiger partial charge in [0.1, 0.15) is 0 Å². The number of piperazine rings is 1. The third-order valence-electron chi connectivity index (χ3n) is 6.47. The van der Waals surface area contributed by atoms with E-state index in [1.807, 2.05) is 19.1 Å². The zero-order chi connectivity index (χ0) is 21.5. The molecule has 0 aromatic heterocycles. The van der Waals surface area contributed by atoms with Crippen LogP contribution in [0.25, 0.3) is 0 Å². The van der Waals surface area contributed by atoms with E-state index in [4.69, 9.17) is 11.6 Å². The summed E-state index contributed by atoms with van der Waals surface area (Å²) in [6.07, 6.45) is 6.04. The third-order valence-corrected chi connectivity index (χ3v) is 6.80. The summed E-state index contributed by atoms with van der Waals surface area (Å²) in [6.45, 7) is 8.41. The molecule has 1 N–H and O–H groups in total. The van der Waals surface area contributed by atoms with E-state index >= 15 is 0 Å². The van der Waals surface area contributed by atoms with Gasteiger partial charge in [-0.3, -0.25) is 19.4 Å². The monoisotopic (exact) mass is 434 g/mol. The molecule has 1 atom stereocenters. The quantitative estimate of drug-likeness (QED) is 0.713. The fraction of sp³-hybridized carbons (Fsp3) is 0.652. The van der Waals surface area contributed by atoms with E-state index in [1.54, 1.807) is 12.1 Å². The molecule has 0 bridgehead atoms. The molecule has 1 heterocycles. The van der Waals surface area contributed by atoms with Gasteiger partial charge in [0.15, 0.2) is 0 Å². The van der Waals surface area contributed by atoms with Gasteiger partial charge in [-0.25, -0.2) is 0 Å². The zero-order valence-corrected chi connectivity index (χ0v) is 19.0. The maximum atomic E-state index is 13.2. The number of halogens is 1. The van der Waals surface area contributed by atoms with Gasteiger partial charge in [-0.1, -0.05) is 43.0 Å². The number of benzene rings is 1. The molecule has 7 heteroatoms. The molecule has 0 spiro atoms. The Kier molecular flexibility index (Phi) is 8.54. The highest BCUT2D eigenvalue weighted by Gasteiger charge is 2.32. The highest BCUT2D eigenvalue weighted by Crippen LogP contribution is 2.24. The summed E-state index contributed by atoms with van der Waals surface area (Å²) in [5.74, 6) is 0.199. The van der Waals surface area contributed by atoms with Crippen LogP contribution in [0.5, 0.6) is 0 Å². The molecule has 6 nitrogen and oxygen atoms in total. The summed E-state index contributed by atoms with van der Waals surface area (Å²) in [6, 6.07) is 7.57. The van der Waals surface area contributed by atoms with Crippen molar-refractivity contribution in [3.05, 3.63) is 29.3 Å². The average Bonchev–Trinajstić information content (AvgIpc) is 2.76. The highest BCUT2D eigenvalue weighted by atomic mass is 35.5. The summed E-state index contributed by atoms with van der Waals surface area (Å²) in [5.41, 5.74) is 0.643. The van der Waals surface area contributed by atoms with Gasteiger partial charge in [0.05, 0.1) is 23.3 Å². The van der Waals surface area contributed by atoms with Crippen LogP contribution in [0.2, 0.25) is 5.02 Å². The van der Waals surface area contributed by atoms with Gasteiger partial charge in [0.25, 0.3) is 0 Å². The van der Waals surface area contributed by atoms with Crippen molar-refractivity contribution >= 4 is 29.1 Å². The van der Waals surface area contributed by atoms with E-state index in [1.165, 1.54) is 19.3 Å². The molecule has 0 unspecified atom stereocenters. The molecule has 1 saturated heterocycles. The van der Waals surface area contributed by atoms with E-state index in [9.17, 15) is 9.59 Å². The predicted molar refractivity (Wildman–Crippen MR) is 122 cm³/mol. The maximum absolute atomic E-state index is 13.2. The second-order valence-electron chi connectivity index (χ2n) is 8.43. The van der Waals surface area contributed by atoms with Crippen LogP contribution in [0.15, 0.2) is 24.3 Å². The van der Waals surface area contributed by atoms with E-state index in [2.05, 4.69) is 26.9 Å². The van der Waals surface area contributed by atoms with Gasteiger partial charge in [0, 0.05) is 38.8 Å². The number of likely N-dealkylation sites (N-methyl/N-ethyl adjacent to an activating group) is 1. The molecule has 0 radical (unpaired) electrons. The Bertz CT molecular complexity index is 715. The lowest BCUT2D eigenvalue weighted by atomic mass is 9.93. The number of carbonyl (C=O) groups is 2. The lowest BCUT2D eigenvalue weighted by molar-refractivity contribution is -0.140. The van der Waals surface area contributed by atoms with Crippen molar-refractivity contribution in [2.45, 2.75) is 58.0 Å². The Morgan fingerprint density at radius 1 is 1.13 bits per heavy atom. The van der Waals surface area contributed by atoms with Crippen LogP contribution in [-0.4, -0.2) is 77.9 Å². The number of hydrogen-bond acceptors (Lipinski definition) is 4. The van der Waals surface area contributed by atoms with Crippen LogP contribution in [0, 0.1) is 0 Å². The van der Waals surface area contributed by atoms with Crippen LogP contribution < -0.4 is 5.32 Å². The van der Waals surface area contributed by atoms with Gasteiger partial charge in [-0.05, 0) is 38.8 Å². The minimum Gasteiger partial charge on any atom is -0.339 e. The SMILES string of the molecule is CCN(C(=O)[C@@H](C)N1CCN(CC(=O)Nc2ccccc2Cl)CC1)C1CCCCC1. The highest BCUT2D eigenvalue weighted by molar-refractivity contribution is 6.33. The number of nitrogens with one attached hydrogen (secondary N) is 1. The van der Waals surface area contributed by atoms with Crippen molar-refractivity contribution in [3.63, 3.8) is 0 Å². The molecule has 166 valence electrons. The second-order valence-corrected chi connectivity index (χ2v) is 8.84. The largest absolute Gasteiger partial charge is 0.339 e. The third kappa shape index (κ3) is 5.96. The first-order chi connectivity index (χ1) is 14.5. The number of amides is 2. The minimum atomic E-state index is -0.106. The van der Waals surface area contributed by atoms with E-state index < -0.39 is 0 Å². The number of rotatable bonds is 7. The fourth-order valence-electron chi connectivity index (χ4n) is 4.65. The van der Waals surface area contributed by atoms with Crippen LogP contribution in [0.3, 0.4) is 0 Å². The normalized spacial score (nSPS) is 20.0. The first-order valence-electron chi connectivity index (χ1n) is 11.3. The molecule has 2 aliphatic rings. The van der Waals surface area contributed by atoms with Crippen LogP contribution in [-0.2, 0) is 9.59 Å². The van der Waals surface area contributed by atoms with Crippen molar-refractivity contribution in [3.8, 4) is 0 Å². The zero-order valence-electron chi connectivity index (χ0n) is 18.3. The summed E-state index contributed by atoms with van der Waals surface area (Å²) in [5, 5.41) is 3.42. The minimum absolute atomic E-state index is 0.0601. The molecule has 1 aromatic rings. The molecule has 2 amide bonds. The van der Waals surface area contributed by atoms with Gasteiger partial charge in [0.2, 0.25) is 11.8 Å². The molecule has 1 aliphatic carbocycles. The van der Waals surface area contributed by atoms with Crippen LogP contribution >= 0.6 is 11.6 Å². The van der Waals surface area contributed by atoms with Gasteiger partial charge >= 0.3 is 0 Å². The van der Waals surface area contributed by atoms with Crippen molar-refractivity contribution in [2.24, 2.45) is 0 Å². The summed E-state index contributed by atoms with van der Waals surface area (Å²) in [4.78, 5) is 32.0. The Morgan fingerprint density at radius 3 is 2.43 bits per heavy atom. The van der Waals surface area contributed by atoms with Crippen molar-refractivity contribution in [2.75, 3.05) is 44.6 Å². The lowest BCUT2D eigenvalue weighted by Gasteiger charge is -2.41. The second kappa shape index (κ2) is 11.1. The topological polar surface area (TPSA) is 55.9 Å². The van der Waals surface area contributed by atoms with Crippen molar-refractivity contribution in [1.29, 1.82) is 0 Å². The van der Waals surface area contributed by atoms with E-state index in [0.717, 1.165) is 45.6 Å². The van der Waals surface area contributed by atoms with Gasteiger partial charge in [-0.15, -0.1) is 0 Å². The molecule has 1 aliphatic heterocycles. The molecule has 30 heavy (non-hydrogen) atoms. The Morgan fingerprint density at radius 2 is 1.80 bits per heavy atom. The average molecular weight is 435 g/mol. The molecule has 1 aromatic carbocycles. The van der Waals surface area contributed by atoms with Gasteiger partial charge < -0.3 is 10.2 Å². The lowest BCUT2D eigenvalue weighted by Crippen LogP contribution is -2.56. The first-order valence-corrected chi connectivity index (χ1v) is 11.7. The predicted octanol–water partition coefficient (Wildman–Crippen LogP) is 3.47. The van der Waals surface area contributed by atoms with Crippen molar-refractivity contribution < 1.29 is 9.59 Å². The number of para-hydroxylation sites is 1. The Balaban J connectivity index is 1.46. The molecular weight excluding hydrogens is 400 g/mol. The van der Waals surface area contributed by atoms with E-state index in [-0.39, 0.29) is 17.9 Å². The number of hydrogen-bond donors (Lipinski definition) is 1. The number of carbonyl (C=O) groups excluding carboxylic acids is 2. The molecular formula is C23H35ClN4O2. The standard InChI is InChI=1S/C23H35ClN4O2/c1-3-28(19-9-5-4-6-10-19)23(30)18(2)27-15-13-26(14-16-27)17-22(29)25-21-12-8-7-11-20(21)24/h7-8,11-12,18-19H,3-6,9-10,13-17H2,1-2H3,(H,25,29)/t18-/m1/s1. The smallest absolute Gasteiger partial charge is 0.239 e.